The lowest BCUT2D eigenvalue weighted by molar-refractivity contribution is 0.228. The van der Waals surface area contributed by atoms with Crippen molar-refractivity contribution in [3.8, 4) is 0 Å². The van der Waals surface area contributed by atoms with E-state index in [1.165, 1.54) is 0 Å². The van der Waals surface area contributed by atoms with Crippen LogP contribution in [0.1, 0.15) is 42.5 Å². The van der Waals surface area contributed by atoms with Crippen LogP contribution in [0.25, 0.3) is 0 Å². The molecule has 0 radical (unpaired) electrons. The average Bonchev–Trinajstić information content (AvgIpc) is 3.04. The highest BCUT2D eigenvalue weighted by molar-refractivity contribution is 5.74. The van der Waals surface area contributed by atoms with Crippen molar-refractivity contribution in [2.75, 3.05) is 6.61 Å². The molecule has 0 saturated heterocycles. The van der Waals surface area contributed by atoms with Crippen molar-refractivity contribution < 1.29 is 9.90 Å². The molecule has 0 aliphatic carbocycles. The van der Waals surface area contributed by atoms with Crippen molar-refractivity contribution in [3.05, 3.63) is 47.5 Å². The van der Waals surface area contributed by atoms with Gasteiger partial charge in [0, 0.05) is 19.6 Å². The van der Waals surface area contributed by atoms with Gasteiger partial charge in [-0.2, -0.15) is 0 Å². The first-order valence-corrected chi connectivity index (χ1v) is 8.39. The highest BCUT2D eigenvalue weighted by atomic mass is 16.3. The van der Waals surface area contributed by atoms with Gasteiger partial charge in [0.2, 0.25) is 0 Å². The lowest BCUT2D eigenvalue weighted by atomic mass is 10.0. The van der Waals surface area contributed by atoms with Crippen LogP contribution in [0.2, 0.25) is 0 Å². The predicted molar refractivity (Wildman–Crippen MR) is 89.2 cm³/mol. The van der Waals surface area contributed by atoms with Crippen LogP contribution in [-0.2, 0) is 19.5 Å². The highest BCUT2D eigenvalue weighted by Crippen LogP contribution is 2.16. The number of rotatable bonds is 6. The van der Waals surface area contributed by atoms with Gasteiger partial charge in [-0.1, -0.05) is 30.3 Å². The number of fused-ring (bicyclic) bond motifs is 1. The third-order valence-electron chi connectivity index (χ3n) is 4.27. The van der Waals surface area contributed by atoms with E-state index in [-0.39, 0.29) is 18.7 Å². The number of aliphatic hydroxyl groups is 1. The number of carbonyl (C=O) groups excluding carboxylic acids is 1. The molecule has 3 N–H and O–H groups in total. The third kappa shape index (κ3) is 3.91. The minimum absolute atomic E-state index is 0.0114. The molecule has 1 aliphatic rings. The van der Waals surface area contributed by atoms with Gasteiger partial charge in [-0.05, 0) is 24.8 Å². The number of urea groups is 1. The molecule has 0 bridgehead atoms. The van der Waals surface area contributed by atoms with E-state index in [9.17, 15) is 9.90 Å². The average molecular weight is 329 g/mol. The van der Waals surface area contributed by atoms with Crippen LogP contribution in [0.4, 0.5) is 4.79 Å². The summed E-state index contributed by atoms with van der Waals surface area (Å²) in [5, 5.41) is 23.3. The standard InChI is InChI=1S/C17H23N5O2/c23-11-9-14(13-6-2-1-3-7-13)19-17(24)18-12-16-21-20-15-8-4-5-10-22(15)16/h1-3,6-7,14,23H,4-5,8-12H2,(H2,18,19,24)/t14-/m1/s1. The van der Waals surface area contributed by atoms with E-state index in [0.29, 0.717) is 13.0 Å². The van der Waals surface area contributed by atoms with Crippen molar-refractivity contribution >= 4 is 6.03 Å². The first kappa shape index (κ1) is 16.4. The number of amides is 2. The largest absolute Gasteiger partial charge is 0.396 e. The van der Waals surface area contributed by atoms with E-state index >= 15 is 0 Å². The number of hydrogen-bond acceptors (Lipinski definition) is 4. The van der Waals surface area contributed by atoms with Crippen LogP contribution in [-0.4, -0.2) is 32.5 Å². The molecule has 1 atom stereocenters. The van der Waals surface area contributed by atoms with Crippen LogP contribution in [0.15, 0.2) is 30.3 Å². The number of aromatic nitrogens is 3. The van der Waals surface area contributed by atoms with Crippen LogP contribution < -0.4 is 10.6 Å². The van der Waals surface area contributed by atoms with Crippen molar-refractivity contribution in [3.63, 3.8) is 0 Å². The van der Waals surface area contributed by atoms with Gasteiger partial charge in [-0.3, -0.25) is 0 Å². The molecule has 1 aromatic carbocycles. The molecule has 0 saturated carbocycles. The molecule has 7 nitrogen and oxygen atoms in total. The first-order valence-electron chi connectivity index (χ1n) is 8.39. The van der Waals surface area contributed by atoms with E-state index in [4.69, 9.17) is 0 Å². The Hall–Kier alpha value is -2.41. The minimum Gasteiger partial charge on any atom is -0.396 e. The van der Waals surface area contributed by atoms with E-state index in [2.05, 4.69) is 25.4 Å². The number of aliphatic hydroxyl groups excluding tert-OH is 1. The number of carbonyl (C=O) groups is 1. The number of hydrogen-bond donors (Lipinski definition) is 3. The monoisotopic (exact) mass is 329 g/mol. The van der Waals surface area contributed by atoms with Gasteiger partial charge in [0.25, 0.3) is 0 Å². The topological polar surface area (TPSA) is 92.1 Å². The smallest absolute Gasteiger partial charge is 0.315 e. The number of aryl methyl sites for hydroxylation is 1. The molecule has 0 unspecified atom stereocenters. The molecule has 7 heteroatoms. The zero-order chi connectivity index (χ0) is 16.8. The minimum atomic E-state index is -0.273. The van der Waals surface area contributed by atoms with Gasteiger partial charge in [0.1, 0.15) is 5.82 Å². The Morgan fingerprint density at radius 3 is 2.88 bits per heavy atom. The second-order valence-corrected chi connectivity index (χ2v) is 5.94. The number of nitrogens with one attached hydrogen (secondary N) is 2. The van der Waals surface area contributed by atoms with Gasteiger partial charge < -0.3 is 20.3 Å². The highest BCUT2D eigenvalue weighted by Gasteiger charge is 2.17. The molecule has 2 amide bonds. The Bertz CT molecular complexity index is 671. The van der Waals surface area contributed by atoms with Crippen LogP contribution >= 0.6 is 0 Å². The maximum absolute atomic E-state index is 12.2. The maximum Gasteiger partial charge on any atom is 0.315 e. The Morgan fingerprint density at radius 1 is 1.25 bits per heavy atom. The van der Waals surface area contributed by atoms with Gasteiger partial charge in [-0.15, -0.1) is 10.2 Å². The lowest BCUT2D eigenvalue weighted by Gasteiger charge is -2.19. The predicted octanol–water partition coefficient (Wildman–Crippen LogP) is 1.54. The number of nitrogens with zero attached hydrogens (tertiary/aromatic N) is 3. The van der Waals surface area contributed by atoms with Crippen LogP contribution in [0, 0.1) is 0 Å². The molecule has 0 fully saturated rings. The summed E-state index contributed by atoms with van der Waals surface area (Å²) in [6.07, 6.45) is 3.69. The van der Waals surface area contributed by atoms with Crippen LogP contribution in [0.5, 0.6) is 0 Å². The van der Waals surface area contributed by atoms with Crippen LogP contribution in [0.3, 0.4) is 0 Å². The second kappa shape index (κ2) is 7.92. The fraction of sp³-hybridized carbons (Fsp3) is 0.471. The Morgan fingerprint density at radius 2 is 2.08 bits per heavy atom. The Kier molecular flexibility index (Phi) is 5.43. The molecule has 0 spiro atoms. The molecule has 3 rings (SSSR count). The first-order chi connectivity index (χ1) is 11.8. The summed E-state index contributed by atoms with van der Waals surface area (Å²) in [6.45, 7) is 1.27. The zero-order valence-electron chi connectivity index (χ0n) is 13.6. The van der Waals surface area contributed by atoms with E-state index in [1.807, 2.05) is 30.3 Å². The molecular formula is C17H23N5O2. The zero-order valence-corrected chi connectivity index (χ0v) is 13.6. The summed E-state index contributed by atoms with van der Waals surface area (Å²) >= 11 is 0. The summed E-state index contributed by atoms with van der Waals surface area (Å²) in [5.74, 6) is 1.79. The normalized spacial score (nSPS) is 14.7. The fourth-order valence-electron chi connectivity index (χ4n) is 3.00. The van der Waals surface area contributed by atoms with E-state index < -0.39 is 0 Å². The molecule has 128 valence electrons. The SMILES string of the molecule is O=C(NCc1nnc2n1CCCC2)N[C@H](CCO)c1ccccc1. The molecule has 2 aromatic rings. The Labute approximate surface area is 141 Å². The molecule has 24 heavy (non-hydrogen) atoms. The quantitative estimate of drug-likeness (QED) is 0.749. The van der Waals surface area contributed by atoms with Gasteiger partial charge in [-0.25, -0.2) is 4.79 Å². The molecular weight excluding hydrogens is 306 g/mol. The Balaban J connectivity index is 1.57. The van der Waals surface area contributed by atoms with E-state index in [1.54, 1.807) is 0 Å². The second-order valence-electron chi connectivity index (χ2n) is 5.94. The molecule has 2 heterocycles. The van der Waals surface area contributed by atoms with Gasteiger partial charge in [0.05, 0.1) is 12.6 Å². The molecule has 1 aliphatic heterocycles. The summed E-state index contributed by atoms with van der Waals surface area (Å²) < 4.78 is 2.09. The number of benzene rings is 1. The molecule has 1 aromatic heterocycles. The van der Waals surface area contributed by atoms with E-state index in [0.717, 1.165) is 43.0 Å². The van der Waals surface area contributed by atoms with Crippen molar-refractivity contribution in [1.29, 1.82) is 0 Å². The van der Waals surface area contributed by atoms with Gasteiger partial charge >= 0.3 is 6.03 Å². The van der Waals surface area contributed by atoms with Gasteiger partial charge in [0.15, 0.2) is 5.82 Å². The summed E-state index contributed by atoms with van der Waals surface area (Å²) in [6, 6.07) is 9.15. The summed E-state index contributed by atoms with van der Waals surface area (Å²) in [7, 11) is 0. The van der Waals surface area contributed by atoms with Crippen molar-refractivity contribution in [2.24, 2.45) is 0 Å². The maximum atomic E-state index is 12.2. The lowest BCUT2D eigenvalue weighted by Crippen LogP contribution is -2.38. The third-order valence-corrected chi connectivity index (χ3v) is 4.27. The van der Waals surface area contributed by atoms with Crippen molar-refractivity contribution in [1.82, 2.24) is 25.4 Å². The summed E-state index contributed by atoms with van der Waals surface area (Å²) in [5.41, 5.74) is 0.974. The summed E-state index contributed by atoms with van der Waals surface area (Å²) in [4.78, 5) is 12.2. The fourth-order valence-corrected chi connectivity index (χ4v) is 3.00. The van der Waals surface area contributed by atoms with Crippen molar-refractivity contribution in [2.45, 2.75) is 44.8 Å².